The van der Waals surface area contributed by atoms with E-state index in [1.807, 2.05) is 25.1 Å². The molecular formula is C35H46ClN3O5S. The number of ether oxygens (including phenoxy) is 2. The van der Waals surface area contributed by atoms with Crippen molar-refractivity contribution in [2.24, 2.45) is 22.1 Å². The molecule has 2 aliphatic heterocycles. The van der Waals surface area contributed by atoms with Gasteiger partial charge in [0.1, 0.15) is 15.7 Å². The Hall–Kier alpha value is -2.88. The van der Waals surface area contributed by atoms with E-state index in [0.29, 0.717) is 42.7 Å². The normalized spacial score (nSPS) is 29.8. The van der Waals surface area contributed by atoms with Gasteiger partial charge in [0, 0.05) is 37.2 Å². The molecule has 244 valence electrons. The molecule has 6 unspecified atom stereocenters. The highest BCUT2D eigenvalue weighted by Crippen LogP contribution is 2.42. The minimum Gasteiger partial charge on any atom is -0.491 e. The van der Waals surface area contributed by atoms with Crippen LogP contribution < -0.4 is 14.4 Å². The zero-order valence-electron chi connectivity index (χ0n) is 26.8. The lowest BCUT2D eigenvalue weighted by Gasteiger charge is -2.43. The van der Waals surface area contributed by atoms with Gasteiger partial charge in [0.15, 0.2) is 0 Å². The third-order valence-electron chi connectivity index (χ3n) is 9.74. The molecule has 5 rings (SSSR count). The van der Waals surface area contributed by atoms with Gasteiger partial charge in [-0.25, -0.2) is 4.21 Å². The fraction of sp³-hybridized carbons (Fsp3) is 0.543. The Morgan fingerprint density at radius 3 is 2.71 bits per heavy atom. The fourth-order valence-corrected chi connectivity index (χ4v) is 8.69. The van der Waals surface area contributed by atoms with E-state index >= 15 is 0 Å². The first-order valence-electron chi connectivity index (χ1n) is 16.2. The molecule has 1 fully saturated rings. The van der Waals surface area contributed by atoms with Crippen molar-refractivity contribution in [1.29, 1.82) is 0 Å². The van der Waals surface area contributed by atoms with Crippen LogP contribution in [-0.2, 0) is 32.4 Å². The number of hydrogen-bond donors (Lipinski definition) is 1. The smallest absolute Gasteiger partial charge is 0.286 e. The van der Waals surface area contributed by atoms with E-state index in [2.05, 4.69) is 38.3 Å². The van der Waals surface area contributed by atoms with E-state index in [1.54, 1.807) is 27.0 Å². The van der Waals surface area contributed by atoms with Crippen LogP contribution >= 0.6 is 11.6 Å². The zero-order chi connectivity index (χ0) is 32.1. The lowest BCUT2D eigenvalue weighted by molar-refractivity contribution is -0.119. The summed E-state index contributed by atoms with van der Waals surface area (Å²) in [6.45, 7) is 7.37. The average Bonchev–Trinajstić information content (AvgIpc) is 3.04. The van der Waals surface area contributed by atoms with E-state index in [1.165, 1.54) is 11.1 Å². The van der Waals surface area contributed by atoms with E-state index < -0.39 is 27.0 Å². The maximum Gasteiger partial charge on any atom is 0.286 e. The summed E-state index contributed by atoms with van der Waals surface area (Å²) in [5, 5.41) is 0.148. The number of methoxy groups -OCH3 is 1. The van der Waals surface area contributed by atoms with Crippen LogP contribution in [0.1, 0.15) is 80.8 Å². The maximum atomic E-state index is 14.3. The standard InChI is InChI=1S/C35H46ClN3O5S/c1-5-34(40)37-45(42)24(3)23(2)9-8-11-32(43-4)30-16-13-28(30)22-39-21-27-12-15-29(36)19-25(27)10-6-7-18-44-33-17-14-26(20-31(33)39)35(41)38-45/h8,11-12,14-15,17,19-20,23-24,28,30,32H,5-7,9-10,13,16,18,21-22H2,1-4H3,(H,37,38,40,41,42)/b11-8+. The van der Waals surface area contributed by atoms with Gasteiger partial charge in [0.05, 0.1) is 23.6 Å². The number of benzene rings is 2. The van der Waals surface area contributed by atoms with Crippen LogP contribution in [0.5, 0.6) is 5.75 Å². The summed E-state index contributed by atoms with van der Waals surface area (Å²) in [7, 11) is -1.68. The summed E-state index contributed by atoms with van der Waals surface area (Å²) >= 11 is 6.44. The number of nitrogens with one attached hydrogen (secondary N) is 1. The predicted molar refractivity (Wildman–Crippen MR) is 180 cm³/mol. The number of nitrogens with zero attached hydrogens (tertiary/aromatic N) is 2. The Labute approximate surface area is 273 Å². The maximum absolute atomic E-state index is 14.3. The molecule has 0 aromatic heterocycles. The highest BCUT2D eigenvalue weighted by molar-refractivity contribution is 7.93. The van der Waals surface area contributed by atoms with Crippen molar-refractivity contribution in [2.75, 3.05) is 25.2 Å². The quantitative estimate of drug-likeness (QED) is 0.353. The van der Waals surface area contributed by atoms with Crippen molar-refractivity contribution >= 4 is 39.0 Å². The third-order valence-corrected chi connectivity index (χ3v) is 12.4. The number of aryl methyl sites for hydroxylation is 1. The van der Waals surface area contributed by atoms with E-state index in [-0.39, 0.29) is 18.4 Å². The number of anilines is 1. The molecule has 8 nitrogen and oxygen atoms in total. The topological polar surface area (TPSA) is 97.3 Å². The second-order valence-corrected chi connectivity index (χ2v) is 15.4. The number of rotatable bonds is 3. The second kappa shape index (κ2) is 14.7. The average molecular weight is 656 g/mol. The molecule has 2 heterocycles. The predicted octanol–water partition coefficient (Wildman–Crippen LogP) is 7.14. The SMILES string of the molecule is CCC(=O)NS1(=O)=NC(=O)c2ccc3c(c2)N(Cc2ccc(Cl)cc2CCCCO3)CC2CCC2C(OC)/C=C/CC(C)C1C. The van der Waals surface area contributed by atoms with Gasteiger partial charge in [-0.1, -0.05) is 43.7 Å². The molecule has 1 N–H and O–H groups in total. The van der Waals surface area contributed by atoms with E-state index in [0.717, 1.165) is 49.4 Å². The van der Waals surface area contributed by atoms with Gasteiger partial charge in [0.25, 0.3) is 5.91 Å². The number of hydrogen-bond acceptors (Lipinski definition) is 6. The largest absolute Gasteiger partial charge is 0.491 e. The van der Waals surface area contributed by atoms with Crippen LogP contribution in [0.4, 0.5) is 5.69 Å². The molecule has 0 saturated heterocycles. The number of carbonyl (C=O) groups is 2. The van der Waals surface area contributed by atoms with Crippen LogP contribution in [0, 0.1) is 17.8 Å². The first-order chi connectivity index (χ1) is 21.6. The highest BCUT2D eigenvalue weighted by Gasteiger charge is 2.38. The molecule has 2 bridgehead atoms. The first kappa shape index (κ1) is 33.5. The van der Waals surface area contributed by atoms with Gasteiger partial charge in [0.2, 0.25) is 5.91 Å². The lowest BCUT2D eigenvalue weighted by atomic mass is 9.70. The molecule has 45 heavy (non-hydrogen) atoms. The monoisotopic (exact) mass is 655 g/mol. The van der Waals surface area contributed by atoms with Crippen LogP contribution in [-0.4, -0.2) is 47.6 Å². The van der Waals surface area contributed by atoms with Gasteiger partial charge in [-0.15, -0.1) is 4.36 Å². The van der Waals surface area contributed by atoms with Crippen LogP contribution in [0.25, 0.3) is 0 Å². The molecule has 0 radical (unpaired) electrons. The Bertz CT molecular complexity index is 1550. The van der Waals surface area contributed by atoms with Gasteiger partial charge in [-0.05, 0) is 105 Å². The Kier molecular flexibility index (Phi) is 10.9. The summed E-state index contributed by atoms with van der Waals surface area (Å²) in [5.41, 5.74) is 3.51. The molecule has 2 amide bonds. The van der Waals surface area contributed by atoms with E-state index in [9.17, 15) is 13.8 Å². The van der Waals surface area contributed by atoms with E-state index in [4.69, 9.17) is 21.1 Å². The van der Waals surface area contributed by atoms with Crippen molar-refractivity contribution in [3.8, 4) is 5.75 Å². The highest BCUT2D eigenvalue weighted by atomic mass is 35.5. The molecule has 3 aliphatic rings. The molecule has 1 saturated carbocycles. The Morgan fingerprint density at radius 2 is 1.98 bits per heavy atom. The molecule has 1 aliphatic carbocycles. The van der Waals surface area contributed by atoms with Crippen molar-refractivity contribution in [1.82, 2.24) is 4.72 Å². The molecular weight excluding hydrogens is 610 g/mol. The van der Waals surface area contributed by atoms with Crippen molar-refractivity contribution < 1.29 is 23.3 Å². The third kappa shape index (κ3) is 7.75. The van der Waals surface area contributed by atoms with Crippen molar-refractivity contribution in [2.45, 2.75) is 83.6 Å². The van der Waals surface area contributed by atoms with Gasteiger partial charge in [-0.2, -0.15) is 0 Å². The second-order valence-electron chi connectivity index (χ2n) is 12.7. The van der Waals surface area contributed by atoms with Crippen LogP contribution in [0.3, 0.4) is 0 Å². The van der Waals surface area contributed by atoms with Gasteiger partial charge < -0.3 is 14.4 Å². The summed E-state index contributed by atoms with van der Waals surface area (Å²) in [5.74, 6) is 0.275. The number of amides is 2. The molecule has 6 atom stereocenters. The summed E-state index contributed by atoms with van der Waals surface area (Å²) in [6.07, 6.45) is 9.82. The number of allylic oxidation sites excluding steroid dienone is 1. The zero-order valence-corrected chi connectivity index (χ0v) is 28.4. The lowest BCUT2D eigenvalue weighted by Crippen LogP contribution is -2.43. The van der Waals surface area contributed by atoms with Crippen LogP contribution in [0.2, 0.25) is 5.02 Å². The fourth-order valence-electron chi connectivity index (χ4n) is 6.53. The number of fused-ring (bicyclic) bond motifs is 3. The summed E-state index contributed by atoms with van der Waals surface area (Å²) in [4.78, 5) is 28.6. The molecule has 10 heteroatoms. The number of carbonyl (C=O) groups excluding carboxylic acids is 2. The molecule has 2 aromatic rings. The molecule has 2 aromatic carbocycles. The Balaban J connectivity index is 1.66. The summed E-state index contributed by atoms with van der Waals surface area (Å²) < 4.78 is 33.6. The minimum atomic E-state index is -3.44. The number of halogens is 1. The minimum absolute atomic E-state index is 0.0494. The summed E-state index contributed by atoms with van der Waals surface area (Å²) in [6, 6.07) is 11.4. The van der Waals surface area contributed by atoms with Crippen LogP contribution in [0.15, 0.2) is 52.9 Å². The Morgan fingerprint density at radius 1 is 1.16 bits per heavy atom. The van der Waals surface area contributed by atoms with Gasteiger partial charge >= 0.3 is 0 Å². The van der Waals surface area contributed by atoms with Gasteiger partial charge in [-0.3, -0.25) is 14.3 Å². The molecule has 0 spiro atoms. The first-order valence-corrected chi connectivity index (χ1v) is 18.2. The van der Waals surface area contributed by atoms with Crippen molar-refractivity contribution in [3.05, 3.63) is 70.3 Å². The van der Waals surface area contributed by atoms with Crippen molar-refractivity contribution in [3.63, 3.8) is 0 Å².